The summed E-state index contributed by atoms with van der Waals surface area (Å²) in [6.07, 6.45) is 0. The fraction of sp³-hybridized carbons (Fsp3) is 0.200. The lowest BCUT2D eigenvalue weighted by molar-refractivity contribution is -0.120. The Hall–Kier alpha value is -1.75. The van der Waals surface area contributed by atoms with Crippen LogP contribution in [0.5, 0.6) is 5.75 Å². The minimum absolute atomic E-state index is 0.383. The first-order valence-electron chi connectivity index (χ1n) is 4.56. The van der Waals surface area contributed by atoms with E-state index in [2.05, 4.69) is 10.6 Å². The molecule has 1 saturated heterocycles. The summed E-state index contributed by atoms with van der Waals surface area (Å²) < 4.78 is 4.99. The highest BCUT2D eigenvalue weighted by atomic mass is 35.5. The summed E-state index contributed by atoms with van der Waals surface area (Å²) in [4.78, 5) is 22.3. The van der Waals surface area contributed by atoms with Gasteiger partial charge in [-0.15, -0.1) is 0 Å². The van der Waals surface area contributed by atoms with Crippen molar-refractivity contribution in [2.75, 3.05) is 7.11 Å². The van der Waals surface area contributed by atoms with Gasteiger partial charge in [0.15, 0.2) is 0 Å². The second-order valence-electron chi connectivity index (χ2n) is 3.29. The zero-order valence-electron chi connectivity index (χ0n) is 8.41. The van der Waals surface area contributed by atoms with Gasteiger partial charge < -0.3 is 10.1 Å². The number of benzene rings is 1. The number of hydrogen-bond acceptors (Lipinski definition) is 3. The van der Waals surface area contributed by atoms with Gasteiger partial charge in [0.05, 0.1) is 12.1 Å². The molecule has 1 aromatic carbocycles. The average Bonchev–Trinajstić information content (AvgIpc) is 2.58. The van der Waals surface area contributed by atoms with E-state index in [1.54, 1.807) is 18.2 Å². The molecule has 1 fully saturated rings. The summed E-state index contributed by atoms with van der Waals surface area (Å²) in [5.41, 5.74) is 0.620. The van der Waals surface area contributed by atoms with E-state index in [9.17, 15) is 9.59 Å². The molecule has 1 heterocycles. The van der Waals surface area contributed by atoms with E-state index in [1.807, 2.05) is 0 Å². The van der Waals surface area contributed by atoms with Crippen LogP contribution in [0.3, 0.4) is 0 Å². The van der Waals surface area contributed by atoms with E-state index in [-0.39, 0.29) is 5.91 Å². The van der Waals surface area contributed by atoms with Crippen LogP contribution in [-0.4, -0.2) is 19.0 Å². The predicted molar refractivity (Wildman–Crippen MR) is 57.4 cm³/mol. The Bertz CT molecular complexity index is 461. The molecule has 2 rings (SSSR count). The van der Waals surface area contributed by atoms with Crippen LogP contribution < -0.4 is 15.4 Å². The van der Waals surface area contributed by atoms with Crippen molar-refractivity contribution in [1.29, 1.82) is 0 Å². The molecule has 1 atom stereocenters. The van der Waals surface area contributed by atoms with Crippen LogP contribution in [0.2, 0.25) is 5.02 Å². The molecule has 84 valence electrons. The fourth-order valence-electron chi connectivity index (χ4n) is 1.51. The maximum Gasteiger partial charge on any atom is 0.322 e. The number of rotatable bonds is 2. The third kappa shape index (κ3) is 1.81. The number of halogens is 1. The quantitative estimate of drug-likeness (QED) is 0.764. The maximum atomic E-state index is 11.4. The van der Waals surface area contributed by atoms with Gasteiger partial charge in [-0.05, 0) is 17.7 Å². The fourth-order valence-corrected chi connectivity index (χ4v) is 1.78. The van der Waals surface area contributed by atoms with Crippen LogP contribution in [-0.2, 0) is 4.79 Å². The number of carbonyl (C=O) groups is 2. The summed E-state index contributed by atoms with van der Waals surface area (Å²) in [5.74, 6) is 0.140. The van der Waals surface area contributed by atoms with E-state index in [0.29, 0.717) is 16.3 Å². The number of urea groups is 1. The zero-order valence-corrected chi connectivity index (χ0v) is 9.17. The Labute approximate surface area is 96.7 Å². The van der Waals surface area contributed by atoms with Crippen LogP contribution in [0.15, 0.2) is 18.2 Å². The van der Waals surface area contributed by atoms with E-state index >= 15 is 0 Å². The minimum atomic E-state index is -0.684. The van der Waals surface area contributed by atoms with Crippen LogP contribution >= 0.6 is 11.6 Å². The largest absolute Gasteiger partial charge is 0.495 e. The topological polar surface area (TPSA) is 67.4 Å². The molecule has 1 aliphatic heterocycles. The lowest BCUT2D eigenvalue weighted by Crippen LogP contribution is -2.22. The van der Waals surface area contributed by atoms with Crippen LogP contribution in [0.25, 0.3) is 0 Å². The molecule has 0 bridgehead atoms. The van der Waals surface area contributed by atoms with Crippen molar-refractivity contribution >= 4 is 23.5 Å². The number of ether oxygens (including phenoxy) is 1. The van der Waals surface area contributed by atoms with Crippen LogP contribution in [0, 0.1) is 0 Å². The number of carbonyl (C=O) groups excluding carboxylic acids is 2. The summed E-state index contributed by atoms with van der Waals surface area (Å²) in [5, 5.41) is 5.03. The van der Waals surface area contributed by atoms with Crippen molar-refractivity contribution in [3.63, 3.8) is 0 Å². The number of hydrogen-bond donors (Lipinski definition) is 2. The molecule has 1 aromatic rings. The van der Waals surface area contributed by atoms with Crippen molar-refractivity contribution < 1.29 is 14.3 Å². The molecule has 6 heteroatoms. The Morgan fingerprint density at radius 3 is 2.62 bits per heavy atom. The predicted octanol–water partition coefficient (Wildman–Crippen LogP) is 1.23. The van der Waals surface area contributed by atoms with Gasteiger partial charge in [-0.3, -0.25) is 10.1 Å². The summed E-state index contributed by atoms with van der Waals surface area (Å²) in [6.45, 7) is 0. The molecule has 16 heavy (non-hydrogen) atoms. The highest BCUT2D eigenvalue weighted by Crippen LogP contribution is 2.28. The maximum absolute atomic E-state index is 11.4. The molecular formula is C10H9ClN2O3. The lowest BCUT2D eigenvalue weighted by Gasteiger charge is -2.09. The SMILES string of the molecule is COc1ccc(C2NC(=O)NC2=O)cc1Cl. The molecule has 3 amide bonds. The molecule has 1 unspecified atom stereocenters. The third-order valence-electron chi connectivity index (χ3n) is 2.28. The van der Waals surface area contributed by atoms with Crippen molar-refractivity contribution in [2.45, 2.75) is 6.04 Å². The average molecular weight is 241 g/mol. The Kier molecular flexibility index (Phi) is 2.70. The second-order valence-corrected chi connectivity index (χ2v) is 3.70. The molecule has 2 N–H and O–H groups in total. The van der Waals surface area contributed by atoms with Gasteiger partial charge in [0.2, 0.25) is 0 Å². The Balaban J connectivity index is 2.31. The molecule has 5 nitrogen and oxygen atoms in total. The zero-order chi connectivity index (χ0) is 11.7. The monoisotopic (exact) mass is 240 g/mol. The Morgan fingerprint density at radius 1 is 1.38 bits per heavy atom. The molecule has 0 aliphatic carbocycles. The van der Waals surface area contributed by atoms with E-state index in [1.165, 1.54) is 7.11 Å². The summed E-state index contributed by atoms with van der Waals surface area (Å²) in [6, 6.07) is 3.74. The number of amides is 3. The van der Waals surface area contributed by atoms with E-state index in [0.717, 1.165) is 0 Å². The summed E-state index contributed by atoms with van der Waals surface area (Å²) >= 11 is 5.92. The lowest BCUT2D eigenvalue weighted by atomic mass is 10.1. The Morgan fingerprint density at radius 2 is 2.12 bits per heavy atom. The molecule has 0 aromatic heterocycles. The van der Waals surface area contributed by atoms with Gasteiger partial charge in [-0.25, -0.2) is 4.79 Å². The minimum Gasteiger partial charge on any atom is -0.495 e. The summed E-state index contributed by atoms with van der Waals surface area (Å²) in [7, 11) is 1.50. The van der Waals surface area contributed by atoms with Crippen LogP contribution in [0.1, 0.15) is 11.6 Å². The van der Waals surface area contributed by atoms with Gasteiger partial charge in [0.1, 0.15) is 11.8 Å². The van der Waals surface area contributed by atoms with Crippen LogP contribution in [0.4, 0.5) is 4.79 Å². The van der Waals surface area contributed by atoms with Crippen molar-refractivity contribution in [3.05, 3.63) is 28.8 Å². The number of methoxy groups -OCH3 is 1. The molecule has 0 radical (unpaired) electrons. The van der Waals surface area contributed by atoms with Gasteiger partial charge in [0, 0.05) is 0 Å². The third-order valence-corrected chi connectivity index (χ3v) is 2.58. The first-order chi connectivity index (χ1) is 7.61. The molecule has 0 spiro atoms. The number of imide groups is 1. The van der Waals surface area contributed by atoms with E-state index in [4.69, 9.17) is 16.3 Å². The van der Waals surface area contributed by atoms with Gasteiger partial charge in [-0.1, -0.05) is 17.7 Å². The van der Waals surface area contributed by atoms with Crippen molar-refractivity contribution in [3.8, 4) is 5.75 Å². The van der Waals surface area contributed by atoms with Gasteiger partial charge >= 0.3 is 6.03 Å². The highest BCUT2D eigenvalue weighted by Gasteiger charge is 2.31. The smallest absolute Gasteiger partial charge is 0.322 e. The first kappa shape index (κ1) is 10.8. The highest BCUT2D eigenvalue weighted by molar-refractivity contribution is 6.32. The first-order valence-corrected chi connectivity index (χ1v) is 4.94. The van der Waals surface area contributed by atoms with E-state index < -0.39 is 12.1 Å². The van der Waals surface area contributed by atoms with Crippen molar-refractivity contribution in [1.82, 2.24) is 10.6 Å². The molecular weight excluding hydrogens is 232 g/mol. The van der Waals surface area contributed by atoms with Gasteiger partial charge in [-0.2, -0.15) is 0 Å². The normalized spacial score (nSPS) is 19.2. The molecule has 0 saturated carbocycles. The number of nitrogens with one attached hydrogen (secondary N) is 2. The van der Waals surface area contributed by atoms with Gasteiger partial charge in [0.25, 0.3) is 5.91 Å². The molecule has 1 aliphatic rings. The second kappa shape index (κ2) is 4.02. The van der Waals surface area contributed by atoms with Crippen molar-refractivity contribution in [2.24, 2.45) is 0 Å². The standard InChI is InChI=1S/C10H9ClN2O3/c1-16-7-3-2-5(4-6(7)11)8-9(14)13-10(15)12-8/h2-4,8H,1H3,(H2,12,13,14,15).